The molecule has 2 aliphatic heterocycles. The summed E-state index contributed by atoms with van der Waals surface area (Å²) >= 11 is 5.68. The number of aryl methyl sites for hydroxylation is 2. The predicted molar refractivity (Wildman–Crippen MR) is 224 cm³/mol. The van der Waals surface area contributed by atoms with Crippen LogP contribution in [0.2, 0.25) is 0 Å². The Morgan fingerprint density at radius 3 is 2.52 bits per heavy atom. The van der Waals surface area contributed by atoms with Gasteiger partial charge in [-0.3, -0.25) is 0 Å². The number of nitrogens with zero attached hydrogens (tertiary/aromatic N) is 6. The molecule has 54 heavy (non-hydrogen) atoms. The molecular formula is C42H36N6O2S4. The van der Waals surface area contributed by atoms with E-state index in [-0.39, 0.29) is 5.57 Å². The standard InChI is InChI=1S/C42H36N6O2S4/c1-3-4-5-6-8-25-21-34(52-41(25)33-18-16-28(51-33)19-26(22-43)42(49)50)36-39-37(44-53-46-39)35(38-40(36)47-54-45-38)24-13-17-32-30(20-24)29-9-7-10-31(29)48(32)27-14-11-23(2)12-15-27/h11-21,29,31H,3-10H2,1-2H3,(H,49,50)/b26-19+. The lowest BCUT2D eigenvalue weighted by molar-refractivity contribution is -0.132. The molecule has 3 aliphatic rings. The van der Waals surface area contributed by atoms with Crippen LogP contribution in [-0.4, -0.2) is 25.9 Å². The van der Waals surface area contributed by atoms with Crippen molar-refractivity contribution >= 4 is 91.6 Å². The molecule has 0 saturated heterocycles. The summed E-state index contributed by atoms with van der Waals surface area (Å²) in [5, 5.41) is 18.8. The van der Waals surface area contributed by atoms with Crippen molar-refractivity contribution in [3.8, 4) is 37.4 Å². The van der Waals surface area contributed by atoms with Crippen molar-refractivity contribution in [2.75, 3.05) is 4.90 Å². The van der Waals surface area contributed by atoms with Gasteiger partial charge in [-0.1, -0.05) is 56.4 Å². The van der Waals surface area contributed by atoms with Gasteiger partial charge in [-0.15, -0.1) is 22.7 Å². The molecule has 1 N–H and O–H groups in total. The van der Waals surface area contributed by atoms with Crippen molar-refractivity contribution in [3.63, 3.8) is 0 Å². The number of unbranched alkanes of at least 4 members (excludes halogenated alkanes) is 3. The second kappa shape index (κ2) is 14.5. The Balaban J connectivity index is 1.15. The first kappa shape index (κ1) is 34.9. The molecule has 5 heterocycles. The van der Waals surface area contributed by atoms with Crippen molar-refractivity contribution < 1.29 is 9.90 Å². The molecular weight excluding hydrogens is 749 g/mol. The number of aliphatic carboxylic acids is 1. The summed E-state index contributed by atoms with van der Waals surface area (Å²) in [6.07, 6.45) is 10.6. The minimum absolute atomic E-state index is 0.276. The van der Waals surface area contributed by atoms with E-state index in [4.69, 9.17) is 17.5 Å². The molecule has 3 aromatic heterocycles. The highest BCUT2D eigenvalue weighted by molar-refractivity contribution is 7.58. The van der Waals surface area contributed by atoms with Gasteiger partial charge in [0.15, 0.2) is 0 Å². The number of hydrogen-bond acceptors (Lipinski definition) is 10. The van der Waals surface area contributed by atoms with Gasteiger partial charge in [0.05, 0.1) is 23.1 Å². The smallest absolute Gasteiger partial charge is 0.346 e. The Morgan fingerprint density at radius 1 is 0.944 bits per heavy atom. The molecule has 1 saturated carbocycles. The fourth-order valence-corrected chi connectivity index (χ4v) is 11.8. The van der Waals surface area contributed by atoms with Gasteiger partial charge < -0.3 is 10.0 Å². The first-order chi connectivity index (χ1) is 26.4. The number of anilines is 2. The molecule has 9 rings (SSSR count). The number of carboxylic acids is 1. The Kier molecular flexibility index (Phi) is 9.35. The van der Waals surface area contributed by atoms with Crippen LogP contribution in [0.3, 0.4) is 0 Å². The average Bonchev–Trinajstić information content (AvgIpc) is 4.03. The molecule has 3 aromatic carbocycles. The van der Waals surface area contributed by atoms with Crippen LogP contribution in [0.4, 0.5) is 22.7 Å². The Hall–Kier alpha value is -4.80. The number of aromatic nitrogens is 2. The number of fused-ring (bicyclic) bond motifs is 5. The first-order valence-electron chi connectivity index (χ1n) is 18.4. The zero-order chi connectivity index (χ0) is 36.9. The van der Waals surface area contributed by atoms with Crippen molar-refractivity contribution in [3.05, 3.63) is 87.8 Å². The van der Waals surface area contributed by atoms with Crippen LogP contribution in [0.1, 0.15) is 79.4 Å². The SMILES string of the molecule is CCCCCCc1cc(-c2c3c(c(-c4ccc5c(c4)C4CCCC4N5c4ccc(C)cc4)c4nsnc24)N=S=N3)sc1-c1ccc(/C=C(\C#N)C(=O)O)s1. The van der Waals surface area contributed by atoms with Crippen LogP contribution in [0, 0.1) is 18.3 Å². The summed E-state index contributed by atoms with van der Waals surface area (Å²) in [6.45, 7) is 4.36. The summed E-state index contributed by atoms with van der Waals surface area (Å²) in [6, 6.07) is 24.3. The molecule has 0 spiro atoms. The molecule has 1 fully saturated rings. The Bertz CT molecular complexity index is 2600. The predicted octanol–water partition coefficient (Wildman–Crippen LogP) is 12.8. The lowest BCUT2D eigenvalue weighted by Gasteiger charge is -2.27. The van der Waals surface area contributed by atoms with E-state index in [1.165, 1.54) is 101 Å². The van der Waals surface area contributed by atoms with Crippen molar-refractivity contribution in [2.24, 2.45) is 8.73 Å². The van der Waals surface area contributed by atoms with E-state index in [2.05, 4.69) is 67.3 Å². The van der Waals surface area contributed by atoms with Crippen LogP contribution in [0.5, 0.6) is 0 Å². The molecule has 6 aromatic rings. The van der Waals surface area contributed by atoms with E-state index >= 15 is 0 Å². The van der Waals surface area contributed by atoms with Gasteiger partial charge in [0.25, 0.3) is 0 Å². The first-order valence-corrected chi connectivity index (χ1v) is 21.5. The van der Waals surface area contributed by atoms with Gasteiger partial charge in [0, 0.05) is 54.0 Å². The highest BCUT2D eigenvalue weighted by Crippen LogP contribution is 2.57. The van der Waals surface area contributed by atoms with Gasteiger partial charge >= 0.3 is 5.97 Å². The Morgan fingerprint density at radius 2 is 1.74 bits per heavy atom. The van der Waals surface area contributed by atoms with E-state index in [9.17, 15) is 15.2 Å². The van der Waals surface area contributed by atoms with Crippen LogP contribution in [0.15, 0.2) is 75.0 Å². The zero-order valence-corrected chi connectivity index (χ0v) is 33.1. The van der Waals surface area contributed by atoms with E-state index in [1.807, 2.05) is 12.1 Å². The third-order valence-electron chi connectivity index (χ3n) is 10.9. The fraction of sp³-hybridized carbons (Fsp3) is 0.286. The number of carboxylic acid groups (broad SMARTS) is 1. The van der Waals surface area contributed by atoms with Crippen molar-refractivity contribution in [1.29, 1.82) is 5.26 Å². The van der Waals surface area contributed by atoms with Crippen molar-refractivity contribution in [1.82, 2.24) is 8.75 Å². The molecule has 0 radical (unpaired) electrons. The van der Waals surface area contributed by atoms with Gasteiger partial charge in [0.2, 0.25) is 0 Å². The van der Waals surface area contributed by atoms with Gasteiger partial charge in [-0.2, -0.15) is 22.7 Å². The van der Waals surface area contributed by atoms with Gasteiger partial charge in [0.1, 0.15) is 34.1 Å². The molecule has 270 valence electrons. The number of rotatable bonds is 11. The largest absolute Gasteiger partial charge is 0.477 e. The minimum atomic E-state index is -1.22. The molecule has 12 heteroatoms. The summed E-state index contributed by atoms with van der Waals surface area (Å²) in [5.74, 6) is -0.739. The number of hydrogen-bond donors (Lipinski definition) is 1. The third-order valence-corrected chi connectivity index (χ3v) is 14.3. The Labute approximate surface area is 329 Å². The van der Waals surface area contributed by atoms with Crippen LogP contribution >= 0.6 is 34.4 Å². The quantitative estimate of drug-likeness (QED) is 0.0793. The molecule has 1 aliphatic carbocycles. The van der Waals surface area contributed by atoms with E-state index in [0.717, 1.165) is 77.9 Å². The molecule has 8 nitrogen and oxygen atoms in total. The minimum Gasteiger partial charge on any atom is -0.477 e. The zero-order valence-electron chi connectivity index (χ0n) is 29.8. The third kappa shape index (κ3) is 6.04. The van der Waals surface area contributed by atoms with Gasteiger partial charge in [-0.25, -0.2) is 4.79 Å². The fourth-order valence-electron chi connectivity index (χ4n) is 8.34. The van der Waals surface area contributed by atoms with Crippen molar-refractivity contribution in [2.45, 2.75) is 77.2 Å². The van der Waals surface area contributed by atoms with Crippen LogP contribution in [0.25, 0.3) is 48.4 Å². The topological polar surface area (TPSA) is 115 Å². The average molecular weight is 785 g/mol. The second-order valence-electron chi connectivity index (χ2n) is 14.2. The summed E-state index contributed by atoms with van der Waals surface area (Å²) in [5.41, 5.74) is 12.7. The lowest BCUT2D eigenvalue weighted by atomic mass is 9.91. The number of carbonyl (C=O) groups is 1. The van der Waals surface area contributed by atoms with Gasteiger partial charge in [-0.05, 0) is 97.8 Å². The van der Waals surface area contributed by atoms with Crippen LogP contribution < -0.4 is 4.90 Å². The second-order valence-corrected chi connectivity index (χ2v) is 17.4. The summed E-state index contributed by atoms with van der Waals surface area (Å²) < 4.78 is 19.7. The highest BCUT2D eigenvalue weighted by Gasteiger charge is 2.42. The summed E-state index contributed by atoms with van der Waals surface area (Å²) in [7, 11) is 0. The molecule has 2 atom stereocenters. The molecule has 0 amide bonds. The number of thiophene rings is 2. The van der Waals surface area contributed by atoms with E-state index in [1.54, 1.807) is 17.4 Å². The maximum absolute atomic E-state index is 11.5. The maximum Gasteiger partial charge on any atom is 0.346 e. The normalized spacial score (nSPS) is 17.1. The lowest BCUT2D eigenvalue weighted by Crippen LogP contribution is -2.26. The number of nitriles is 1. The summed E-state index contributed by atoms with van der Waals surface area (Å²) in [4.78, 5) is 18.1. The molecule has 0 bridgehead atoms. The van der Waals surface area contributed by atoms with Crippen LogP contribution in [-0.2, 0) is 22.6 Å². The highest BCUT2D eigenvalue weighted by atomic mass is 32.1. The van der Waals surface area contributed by atoms with E-state index < -0.39 is 5.97 Å². The van der Waals surface area contributed by atoms with E-state index in [0.29, 0.717) is 12.0 Å². The monoisotopic (exact) mass is 784 g/mol. The number of benzene rings is 3. The maximum atomic E-state index is 11.5. The molecule has 2 unspecified atom stereocenters.